The fourth-order valence-electron chi connectivity index (χ4n) is 1.25. The number of nitrogens with one attached hydrogen (secondary N) is 1. The van der Waals surface area contributed by atoms with E-state index < -0.39 is 0 Å². The molecule has 1 amide bonds. The minimum Gasteiger partial charge on any atom is -0.462 e. The molecule has 0 atom stereocenters. The Labute approximate surface area is 115 Å². The van der Waals surface area contributed by atoms with Gasteiger partial charge in [0.15, 0.2) is 0 Å². The molecule has 0 bridgehead atoms. The summed E-state index contributed by atoms with van der Waals surface area (Å²) in [4.78, 5) is 22.7. The van der Waals surface area contributed by atoms with Crippen LogP contribution in [0.25, 0.3) is 0 Å². The standard InChI is InChI=1S/C13H16FNO3S/c1-9(2)18-13(17)8-19-7-12(16)15-11-5-3-10(14)4-6-11/h3-6,9H,7-8H2,1-2H3,(H,15,16). The number of thioether (sulfide) groups is 1. The molecule has 4 nitrogen and oxygen atoms in total. The summed E-state index contributed by atoms with van der Waals surface area (Å²) in [6.45, 7) is 3.54. The molecule has 104 valence electrons. The predicted octanol–water partition coefficient (Wildman–Crippen LogP) is 2.45. The second-order valence-electron chi connectivity index (χ2n) is 4.09. The monoisotopic (exact) mass is 285 g/mol. The van der Waals surface area contributed by atoms with E-state index >= 15 is 0 Å². The zero-order valence-electron chi connectivity index (χ0n) is 10.8. The topological polar surface area (TPSA) is 55.4 Å². The number of benzene rings is 1. The SMILES string of the molecule is CC(C)OC(=O)CSCC(=O)Nc1ccc(F)cc1. The number of ether oxygens (including phenoxy) is 1. The molecular formula is C13H16FNO3S. The fourth-order valence-corrected chi connectivity index (χ4v) is 1.85. The summed E-state index contributed by atoms with van der Waals surface area (Å²) in [5.74, 6) is -0.660. The van der Waals surface area contributed by atoms with E-state index in [2.05, 4.69) is 5.32 Å². The lowest BCUT2D eigenvalue weighted by Crippen LogP contribution is -2.17. The maximum Gasteiger partial charge on any atom is 0.316 e. The van der Waals surface area contributed by atoms with E-state index in [9.17, 15) is 14.0 Å². The Kier molecular flexibility index (Phi) is 6.35. The van der Waals surface area contributed by atoms with Gasteiger partial charge >= 0.3 is 5.97 Å². The molecule has 0 radical (unpaired) electrons. The first-order valence-electron chi connectivity index (χ1n) is 5.80. The number of carbonyl (C=O) groups excluding carboxylic acids is 2. The lowest BCUT2D eigenvalue weighted by Gasteiger charge is -2.07. The highest BCUT2D eigenvalue weighted by atomic mass is 32.2. The van der Waals surface area contributed by atoms with Gasteiger partial charge in [0.2, 0.25) is 5.91 Å². The molecule has 0 saturated heterocycles. The zero-order valence-corrected chi connectivity index (χ0v) is 11.6. The smallest absolute Gasteiger partial charge is 0.316 e. The van der Waals surface area contributed by atoms with E-state index in [-0.39, 0.29) is 35.3 Å². The van der Waals surface area contributed by atoms with Gasteiger partial charge in [-0.25, -0.2) is 4.39 Å². The van der Waals surface area contributed by atoms with Crippen LogP contribution in [-0.2, 0) is 14.3 Å². The number of carbonyl (C=O) groups is 2. The van der Waals surface area contributed by atoms with Crippen LogP contribution in [0.2, 0.25) is 0 Å². The van der Waals surface area contributed by atoms with E-state index in [1.165, 1.54) is 36.0 Å². The third-order valence-corrected chi connectivity index (χ3v) is 2.85. The van der Waals surface area contributed by atoms with Crippen LogP contribution in [0.5, 0.6) is 0 Å². The predicted molar refractivity (Wildman–Crippen MR) is 73.6 cm³/mol. The quantitative estimate of drug-likeness (QED) is 0.816. The van der Waals surface area contributed by atoms with Crippen molar-refractivity contribution in [3.8, 4) is 0 Å². The lowest BCUT2D eigenvalue weighted by molar-refractivity contribution is -0.144. The summed E-state index contributed by atoms with van der Waals surface area (Å²) in [5, 5.41) is 2.61. The highest BCUT2D eigenvalue weighted by Crippen LogP contribution is 2.09. The van der Waals surface area contributed by atoms with E-state index in [0.29, 0.717) is 5.69 Å². The van der Waals surface area contributed by atoms with Crippen molar-refractivity contribution in [3.63, 3.8) is 0 Å². The van der Waals surface area contributed by atoms with Crippen molar-refractivity contribution >= 4 is 29.3 Å². The van der Waals surface area contributed by atoms with E-state index in [1.807, 2.05) is 0 Å². The molecule has 0 heterocycles. The number of halogens is 1. The van der Waals surface area contributed by atoms with E-state index in [0.717, 1.165) is 0 Å². The minimum atomic E-state index is -0.358. The van der Waals surface area contributed by atoms with Crippen LogP contribution in [0.3, 0.4) is 0 Å². The Bertz CT molecular complexity index is 434. The Morgan fingerprint density at radius 2 is 1.89 bits per heavy atom. The molecule has 0 aromatic heterocycles. The molecule has 0 aliphatic rings. The molecule has 0 spiro atoms. The van der Waals surface area contributed by atoms with E-state index in [4.69, 9.17) is 4.74 Å². The van der Waals surface area contributed by atoms with Crippen molar-refractivity contribution in [2.45, 2.75) is 20.0 Å². The molecule has 6 heteroatoms. The van der Waals surface area contributed by atoms with Crippen LogP contribution >= 0.6 is 11.8 Å². The molecule has 0 unspecified atom stereocenters. The van der Waals surface area contributed by atoms with Gasteiger partial charge in [0.05, 0.1) is 17.6 Å². The summed E-state index contributed by atoms with van der Waals surface area (Å²) in [7, 11) is 0. The average Bonchev–Trinajstić information content (AvgIpc) is 2.31. The van der Waals surface area contributed by atoms with Crippen molar-refractivity contribution in [1.82, 2.24) is 0 Å². The Morgan fingerprint density at radius 1 is 1.26 bits per heavy atom. The van der Waals surface area contributed by atoms with Gasteiger partial charge in [0, 0.05) is 5.69 Å². The summed E-state index contributed by atoms with van der Waals surface area (Å²) in [6.07, 6.45) is -0.152. The van der Waals surface area contributed by atoms with Crippen LogP contribution in [0.15, 0.2) is 24.3 Å². The van der Waals surface area contributed by atoms with Gasteiger partial charge in [-0.3, -0.25) is 9.59 Å². The lowest BCUT2D eigenvalue weighted by atomic mass is 10.3. The molecule has 1 N–H and O–H groups in total. The molecule has 0 aliphatic heterocycles. The van der Waals surface area contributed by atoms with Crippen LogP contribution in [0.4, 0.5) is 10.1 Å². The number of amides is 1. The molecular weight excluding hydrogens is 269 g/mol. The van der Waals surface area contributed by atoms with Gasteiger partial charge < -0.3 is 10.1 Å². The largest absolute Gasteiger partial charge is 0.462 e. The zero-order chi connectivity index (χ0) is 14.3. The van der Waals surface area contributed by atoms with Crippen LogP contribution in [0, 0.1) is 5.82 Å². The normalized spacial score (nSPS) is 10.3. The maximum absolute atomic E-state index is 12.7. The first kappa shape index (κ1) is 15.5. The van der Waals surface area contributed by atoms with Gasteiger partial charge in [0.1, 0.15) is 5.82 Å². The maximum atomic E-state index is 12.7. The second-order valence-corrected chi connectivity index (χ2v) is 5.07. The molecule has 0 fully saturated rings. The van der Waals surface area contributed by atoms with Crippen molar-refractivity contribution in [1.29, 1.82) is 0 Å². The summed E-state index contributed by atoms with van der Waals surface area (Å²) in [5.41, 5.74) is 0.525. The average molecular weight is 285 g/mol. The molecule has 1 aromatic carbocycles. The Morgan fingerprint density at radius 3 is 2.47 bits per heavy atom. The molecule has 19 heavy (non-hydrogen) atoms. The van der Waals surface area contributed by atoms with Gasteiger partial charge in [-0.15, -0.1) is 11.8 Å². The Hall–Kier alpha value is -1.56. The van der Waals surface area contributed by atoms with Crippen molar-refractivity contribution in [3.05, 3.63) is 30.1 Å². The highest BCUT2D eigenvalue weighted by Gasteiger charge is 2.08. The van der Waals surface area contributed by atoms with Gasteiger partial charge in [0.25, 0.3) is 0 Å². The molecule has 1 rings (SSSR count). The first-order chi connectivity index (χ1) is 8.97. The van der Waals surface area contributed by atoms with Crippen molar-refractivity contribution in [2.24, 2.45) is 0 Å². The molecule has 0 saturated carbocycles. The van der Waals surface area contributed by atoms with Crippen LogP contribution in [0.1, 0.15) is 13.8 Å². The third kappa shape index (κ3) is 6.81. The number of rotatable bonds is 6. The Balaban J connectivity index is 2.25. The number of hydrogen-bond acceptors (Lipinski definition) is 4. The molecule has 1 aromatic rings. The molecule has 0 aliphatic carbocycles. The summed E-state index contributed by atoms with van der Waals surface area (Å²) in [6, 6.07) is 5.49. The van der Waals surface area contributed by atoms with Crippen molar-refractivity contribution < 1.29 is 18.7 Å². The number of esters is 1. The van der Waals surface area contributed by atoms with Crippen LogP contribution < -0.4 is 5.32 Å². The number of anilines is 1. The fraction of sp³-hybridized carbons (Fsp3) is 0.385. The summed E-state index contributed by atoms with van der Waals surface area (Å²) >= 11 is 1.17. The first-order valence-corrected chi connectivity index (χ1v) is 6.95. The number of hydrogen-bond donors (Lipinski definition) is 1. The highest BCUT2D eigenvalue weighted by molar-refractivity contribution is 8.00. The van der Waals surface area contributed by atoms with Gasteiger partial charge in [-0.2, -0.15) is 0 Å². The third-order valence-electron chi connectivity index (χ3n) is 1.95. The van der Waals surface area contributed by atoms with Crippen molar-refractivity contribution in [2.75, 3.05) is 16.8 Å². The van der Waals surface area contributed by atoms with Gasteiger partial charge in [-0.1, -0.05) is 0 Å². The van der Waals surface area contributed by atoms with E-state index in [1.54, 1.807) is 13.8 Å². The second kappa shape index (κ2) is 7.78. The summed E-state index contributed by atoms with van der Waals surface area (Å²) < 4.78 is 17.6. The van der Waals surface area contributed by atoms with Gasteiger partial charge in [-0.05, 0) is 38.1 Å². The van der Waals surface area contributed by atoms with Crippen LogP contribution in [-0.4, -0.2) is 29.5 Å². The minimum absolute atomic E-state index is 0.134.